The molecule has 0 spiro atoms. The first kappa shape index (κ1) is 22.3. The predicted octanol–water partition coefficient (Wildman–Crippen LogP) is 3.86. The van der Waals surface area contributed by atoms with Crippen LogP contribution >= 0.6 is 0 Å². The van der Waals surface area contributed by atoms with Crippen molar-refractivity contribution in [3.63, 3.8) is 0 Å². The van der Waals surface area contributed by atoms with E-state index >= 15 is 0 Å². The van der Waals surface area contributed by atoms with Crippen LogP contribution in [0.3, 0.4) is 0 Å². The van der Waals surface area contributed by atoms with Crippen LogP contribution in [0.25, 0.3) is 6.08 Å². The van der Waals surface area contributed by atoms with Crippen LogP contribution in [0.2, 0.25) is 0 Å². The molecule has 1 heterocycles. The quantitative estimate of drug-likeness (QED) is 0.536. The van der Waals surface area contributed by atoms with Gasteiger partial charge in [0.1, 0.15) is 5.75 Å². The van der Waals surface area contributed by atoms with E-state index in [1.54, 1.807) is 0 Å². The number of carbonyl (C=O) groups is 2. The summed E-state index contributed by atoms with van der Waals surface area (Å²) >= 11 is 0. The van der Waals surface area contributed by atoms with Gasteiger partial charge in [0, 0.05) is 43.4 Å². The fourth-order valence-corrected chi connectivity index (χ4v) is 3.04. The van der Waals surface area contributed by atoms with E-state index in [9.17, 15) is 31.5 Å². The maximum Gasteiger partial charge on any atom is 0.573 e. The van der Waals surface area contributed by atoms with Crippen molar-refractivity contribution in [2.45, 2.75) is 6.36 Å². The lowest BCUT2D eigenvalue weighted by Gasteiger charge is -2.34. The molecule has 0 bridgehead atoms. The lowest BCUT2D eigenvalue weighted by atomic mass is 10.1. The average molecular weight is 440 g/mol. The molecule has 5 nitrogen and oxygen atoms in total. The molecule has 2 aromatic rings. The molecule has 0 unspecified atom stereocenters. The molecule has 0 saturated carbocycles. The van der Waals surface area contributed by atoms with Gasteiger partial charge in [-0.15, -0.1) is 13.2 Å². The molecule has 0 aliphatic carbocycles. The van der Waals surface area contributed by atoms with Crippen molar-refractivity contribution in [2.24, 2.45) is 0 Å². The Balaban J connectivity index is 1.59. The number of piperazine rings is 1. The number of nitrogens with zero attached hydrogens (tertiary/aromatic N) is 2. The highest BCUT2D eigenvalue weighted by atomic mass is 19.4. The van der Waals surface area contributed by atoms with E-state index in [0.29, 0.717) is 0 Å². The highest BCUT2D eigenvalue weighted by Crippen LogP contribution is 2.27. The third-order valence-electron chi connectivity index (χ3n) is 4.60. The first-order valence-electron chi connectivity index (χ1n) is 9.20. The number of amides is 2. The van der Waals surface area contributed by atoms with Gasteiger partial charge in [-0.25, -0.2) is 8.78 Å². The predicted molar refractivity (Wildman–Crippen MR) is 101 cm³/mol. The van der Waals surface area contributed by atoms with E-state index in [2.05, 4.69) is 4.74 Å². The SMILES string of the molecule is O=C(/C=C/c1ccccc1OC(F)(F)F)N1CCN(C(=O)c2ccc(F)c(F)c2)CC1. The molecule has 31 heavy (non-hydrogen) atoms. The standard InChI is InChI=1S/C21H17F5N2O3/c22-16-7-5-15(13-17(16)23)20(30)28-11-9-27(10-12-28)19(29)8-6-14-3-1-2-4-18(14)31-21(24,25)26/h1-8,13H,9-12H2/b8-6+. The van der Waals surface area contributed by atoms with Gasteiger partial charge in [0.2, 0.25) is 5.91 Å². The molecule has 3 rings (SSSR count). The zero-order valence-electron chi connectivity index (χ0n) is 16.0. The zero-order valence-corrected chi connectivity index (χ0v) is 16.0. The molecule has 1 aliphatic heterocycles. The van der Waals surface area contributed by atoms with Crippen molar-refractivity contribution in [1.82, 2.24) is 9.80 Å². The Hall–Kier alpha value is -3.43. The number of carbonyl (C=O) groups excluding carboxylic acids is 2. The minimum atomic E-state index is -4.86. The molecule has 0 N–H and O–H groups in total. The summed E-state index contributed by atoms with van der Waals surface area (Å²) in [7, 11) is 0. The molecule has 1 saturated heterocycles. The minimum absolute atomic E-state index is 0.000144. The van der Waals surface area contributed by atoms with Crippen LogP contribution in [0.5, 0.6) is 5.75 Å². The molecule has 2 aromatic carbocycles. The summed E-state index contributed by atoms with van der Waals surface area (Å²) < 4.78 is 67.8. The van der Waals surface area contributed by atoms with Crippen LogP contribution in [-0.2, 0) is 4.79 Å². The number of halogens is 5. The fourth-order valence-electron chi connectivity index (χ4n) is 3.04. The van der Waals surface area contributed by atoms with Gasteiger partial charge in [-0.05, 0) is 30.3 Å². The van der Waals surface area contributed by atoms with Gasteiger partial charge in [0.05, 0.1) is 0 Å². The summed E-state index contributed by atoms with van der Waals surface area (Å²) in [6, 6.07) is 8.27. The second kappa shape index (κ2) is 9.15. The number of para-hydroxylation sites is 1. The van der Waals surface area contributed by atoms with Gasteiger partial charge < -0.3 is 14.5 Å². The third-order valence-corrected chi connectivity index (χ3v) is 4.60. The Bertz CT molecular complexity index is 999. The molecule has 164 valence electrons. The molecule has 1 fully saturated rings. The molecule has 10 heteroatoms. The lowest BCUT2D eigenvalue weighted by molar-refractivity contribution is -0.274. The number of ether oxygens (including phenoxy) is 1. The van der Waals surface area contributed by atoms with Crippen LogP contribution in [0.4, 0.5) is 22.0 Å². The lowest BCUT2D eigenvalue weighted by Crippen LogP contribution is -2.50. The minimum Gasteiger partial charge on any atom is -0.405 e. The number of hydrogen-bond donors (Lipinski definition) is 0. The number of hydrogen-bond acceptors (Lipinski definition) is 3. The molecule has 1 aliphatic rings. The van der Waals surface area contributed by atoms with Gasteiger partial charge >= 0.3 is 6.36 Å². The van der Waals surface area contributed by atoms with Crippen molar-refractivity contribution in [3.8, 4) is 5.75 Å². The second-order valence-corrected chi connectivity index (χ2v) is 6.67. The Labute approximate surface area is 174 Å². The molecular weight excluding hydrogens is 423 g/mol. The van der Waals surface area contributed by atoms with Crippen molar-refractivity contribution in [1.29, 1.82) is 0 Å². The Morgan fingerprint density at radius 3 is 2.19 bits per heavy atom. The maximum absolute atomic E-state index is 13.3. The number of rotatable bonds is 4. The summed E-state index contributed by atoms with van der Waals surface area (Å²) in [5, 5.41) is 0. The van der Waals surface area contributed by atoms with Crippen LogP contribution < -0.4 is 4.74 Å². The smallest absolute Gasteiger partial charge is 0.405 e. The highest BCUT2D eigenvalue weighted by Gasteiger charge is 2.32. The maximum atomic E-state index is 13.3. The summed E-state index contributed by atoms with van der Waals surface area (Å²) in [4.78, 5) is 27.6. The van der Waals surface area contributed by atoms with Crippen molar-refractivity contribution in [3.05, 3.63) is 71.3 Å². The van der Waals surface area contributed by atoms with E-state index < -0.39 is 35.6 Å². The Kier molecular flexibility index (Phi) is 6.57. The normalized spacial score (nSPS) is 14.7. The van der Waals surface area contributed by atoms with Gasteiger partial charge in [-0.3, -0.25) is 9.59 Å². The number of alkyl halides is 3. The summed E-state index contributed by atoms with van der Waals surface area (Å²) in [5.74, 6) is -3.54. The third kappa shape index (κ3) is 5.80. The van der Waals surface area contributed by atoms with E-state index in [-0.39, 0.29) is 37.3 Å². The van der Waals surface area contributed by atoms with Gasteiger partial charge in [0.25, 0.3) is 5.91 Å². The summed E-state index contributed by atoms with van der Waals surface area (Å²) in [5.41, 5.74) is 0.0835. The van der Waals surface area contributed by atoms with E-state index in [0.717, 1.165) is 24.3 Å². The summed E-state index contributed by atoms with van der Waals surface area (Å²) in [6.07, 6.45) is -2.50. The van der Waals surface area contributed by atoms with E-state index in [1.807, 2.05) is 0 Å². The van der Waals surface area contributed by atoms with Crippen molar-refractivity contribution in [2.75, 3.05) is 26.2 Å². The van der Waals surface area contributed by atoms with E-state index in [4.69, 9.17) is 0 Å². The van der Waals surface area contributed by atoms with Gasteiger partial charge in [-0.1, -0.05) is 18.2 Å². The van der Waals surface area contributed by atoms with Crippen molar-refractivity contribution >= 4 is 17.9 Å². The van der Waals surface area contributed by atoms with E-state index in [1.165, 1.54) is 40.1 Å². The monoisotopic (exact) mass is 440 g/mol. The number of benzene rings is 2. The average Bonchev–Trinajstić information content (AvgIpc) is 2.73. The topological polar surface area (TPSA) is 49.9 Å². The summed E-state index contributed by atoms with van der Waals surface area (Å²) in [6.45, 7) is 0.703. The molecule has 0 radical (unpaired) electrons. The molecular formula is C21H17F5N2O3. The van der Waals surface area contributed by atoms with Crippen LogP contribution in [0, 0.1) is 11.6 Å². The fraction of sp³-hybridized carbons (Fsp3) is 0.238. The molecule has 2 amide bonds. The van der Waals surface area contributed by atoms with Crippen LogP contribution in [-0.4, -0.2) is 54.2 Å². The highest BCUT2D eigenvalue weighted by molar-refractivity contribution is 5.95. The second-order valence-electron chi connectivity index (χ2n) is 6.67. The first-order valence-corrected chi connectivity index (χ1v) is 9.20. The van der Waals surface area contributed by atoms with Crippen LogP contribution in [0.15, 0.2) is 48.5 Å². The van der Waals surface area contributed by atoms with Crippen molar-refractivity contribution < 1.29 is 36.3 Å². The first-order chi connectivity index (χ1) is 14.6. The van der Waals surface area contributed by atoms with Gasteiger partial charge in [0.15, 0.2) is 11.6 Å². The molecule has 0 atom stereocenters. The zero-order chi connectivity index (χ0) is 22.6. The largest absolute Gasteiger partial charge is 0.573 e. The molecule has 0 aromatic heterocycles. The Morgan fingerprint density at radius 1 is 0.903 bits per heavy atom. The van der Waals surface area contributed by atoms with Gasteiger partial charge in [-0.2, -0.15) is 0 Å². The Morgan fingerprint density at radius 2 is 1.55 bits per heavy atom. The van der Waals surface area contributed by atoms with Crippen LogP contribution in [0.1, 0.15) is 15.9 Å².